The smallest absolute Gasteiger partial charge is 0.261 e. The van der Waals surface area contributed by atoms with Crippen LogP contribution in [0, 0.1) is 0 Å². The van der Waals surface area contributed by atoms with E-state index in [9.17, 15) is 9.59 Å². The maximum atomic E-state index is 13.9. The van der Waals surface area contributed by atoms with Crippen LogP contribution in [0.1, 0.15) is 57.2 Å². The van der Waals surface area contributed by atoms with Gasteiger partial charge in [-0.15, -0.1) is 0 Å². The molecule has 6 nitrogen and oxygen atoms in total. The normalized spacial score (nSPS) is 11.9. The number of methoxy groups -OCH3 is 1. The van der Waals surface area contributed by atoms with Gasteiger partial charge in [0.2, 0.25) is 5.91 Å². The van der Waals surface area contributed by atoms with Gasteiger partial charge < -0.3 is 19.7 Å². The minimum Gasteiger partial charge on any atom is -0.497 e. The van der Waals surface area contributed by atoms with Gasteiger partial charge in [0, 0.05) is 19.5 Å². The van der Waals surface area contributed by atoms with Gasteiger partial charge in [-0.2, -0.15) is 0 Å². The molecule has 0 radical (unpaired) electrons. The van der Waals surface area contributed by atoms with Crippen molar-refractivity contribution in [1.82, 2.24) is 10.2 Å². The van der Waals surface area contributed by atoms with Gasteiger partial charge in [-0.25, -0.2) is 0 Å². The number of carbonyl (C=O) groups excluding carboxylic acids is 2. The number of rotatable bonds is 13. The van der Waals surface area contributed by atoms with Gasteiger partial charge in [0.25, 0.3) is 5.91 Å². The van der Waals surface area contributed by atoms with Gasteiger partial charge in [-0.05, 0) is 68.7 Å². The molecule has 1 atom stereocenters. The molecule has 7 heteroatoms. The van der Waals surface area contributed by atoms with E-state index in [1.807, 2.05) is 72.8 Å². The first-order valence-corrected chi connectivity index (χ1v) is 14.6. The molecule has 0 aliphatic carbocycles. The van der Waals surface area contributed by atoms with Crippen molar-refractivity contribution in [2.75, 3.05) is 20.3 Å². The van der Waals surface area contributed by atoms with E-state index < -0.39 is 6.04 Å². The van der Waals surface area contributed by atoms with E-state index in [1.54, 1.807) is 12.0 Å². The third-order valence-electron chi connectivity index (χ3n) is 6.74. The lowest BCUT2D eigenvalue weighted by Gasteiger charge is -2.31. The third kappa shape index (κ3) is 9.12. The van der Waals surface area contributed by atoms with Gasteiger partial charge >= 0.3 is 0 Å². The lowest BCUT2D eigenvalue weighted by atomic mass is 9.87. The molecule has 2 amide bonds. The van der Waals surface area contributed by atoms with E-state index in [1.165, 1.54) is 0 Å². The summed E-state index contributed by atoms with van der Waals surface area (Å²) in [5.74, 6) is 0.816. The Morgan fingerprint density at radius 2 is 1.70 bits per heavy atom. The molecule has 214 valence electrons. The van der Waals surface area contributed by atoms with Crippen molar-refractivity contribution in [2.45, 2.75) is 65.0 Å². The first-order chi connectivity index (χ1) is 19.1. The average Bonchev–Trinajstić information content (AvgIpc) is 2.94. The predicted octanol–water partition coefficient (Wildman–Crippen LogP) is 6.69. The number of hydrogen-bond donors (Lipinski definition) is 1. The second-order valence-corrected chi connectivity index (χ2v) is 11.8. The Kier molecular flexibility index (Phi) is 11.6. The zero-order valence-corrected chi connectivity index (χ0v) is 25.8. The molecule has 0 aliphatic rings. The minimum atomic E-state index is -0.715. The summed E-state index contributed by atoms with van der Waals surface area (Å²) in [5, 5.41) is 3.05. The Morgan fingerprint density at radius 1 is 0.975 bits per heavy atom. The third-order valence-corrected chi connectivity index (χ3v) is 7.36. The fourth-order valence-corrected chi connectivity index (χ4v) is 4.83. The number of halogens is 1. The number of nitrogens with one attached hydrogen (secondary N) is 1. The summed E-state index contributed by atoms with van der Waals surface area (Å²) in [6.45, 7) is 9.11. The Morgan fingerprint density at radius 3 is 2.35 bits per heavy atom. The summed E-state index contributed by atoms with van der Waals surface area (Å²) in [7, 11) is 1.61. The Labute approximate surface area is 247 Å². The highest BCUT2D eigenvalue weighted by Crippen LogP contribution is 2.31. The predicted molar refractivity (Wildman–Crippen MR) is 164 cm³/mol. The van der Waals surface area contributed by atoms with E-state index in [2.05, 4.69) is 48.9 Å². The Bertz CT molecular complexity index is 1260. The number of carbonyl (C=O) groups is 2. The summed E-state index contributed by atoms with van der Waals surface area (Å²) < 4.78 is 12.2. The van der Waals surface area contributed by atoms with Crippen LogP contribution in [0.2, 0.25) is 0 Å². The van der Waals surface area contributed by atoms with Crippen LogP contribution in [0.15, 0.2) is 77.3 Å². The molecule has 1 N–H and O–H groups in total. The number of ether oxygens (including phenoxy) is 2. The molecular formula is C33H41BrN2O4. The number of hydrogen-bond acceptors (Lipinski definition) is 4. The molecule has 0 saturated heterocycles. The van der Waals surface area contributed by atoms with Crippen LogP contribution >= 0.6 is 15.9 Å². The summed E-state index contributed by atoms with van der Waals surface area (Å²) in [6.07, 6.45) is 2.22. The lowest BCUT2D eigenvalue weighted by Crippen LogP contribution is -2.51. The summed E-state index contributed by atoms with van der Waals surface area (Å²) in [6, 6.07) is 22.5. The van der Waals surface area contributed by atoms with Crippen molar-refractivity contribution in [3.05, 3.63) is 94.0 Å². The molecule has 1 unspecified atom stereocenters. The van der Waals surface area contributed by atoms with E-state index in [0.29, 0.717) is 24.5 Å². The number of unbranched alkanes of at least 4 members (excludes halogenated alkanes) is 1. The van der Waals surface area contributed by atoms with E-state index in [0.717, 1.165) is 34.0 Å². The SMILES string of the molecule is CCCCNC(=O)C(Cc1ccccc1)N(Cc1cccc(OC)c1)C(=O)COc1ccc(C(C)(C)C)cc1Br. The van der Waals surface area contributed by atoms with E-state index in [4.69, 9.17) is 9.47 Å². The Hall–Kier alpha value is -3.32. The molecule has 0 fully saturated rings. The molecule has 3 rings (SSSR count). The number of benzene rings is 3. The van der Waals surface area contributed by atoms with Crippen molar-refractivity contribution < 1.29 is 19.1 Å². The van der Waals surface area contributed by atoms with Gasteiger partial charge in [0.15, 0.2) is 6.61 Å². The summed E-state index contributed by atoms with van der Waals surface area (Å²) >= 11 is 3.60. The topological polar surface area (TPSA) is 67.9 Å². The van der Waals surface area contributed by atoms with Crippen LogP contribution in [0.25, 0.3) is 0 Å². The molecule has 40 heavy (non-hydrogen) atoms. The molecule has 0 aromatic heterocycles. The van der Waals surface area contributed by atoms with E-state index in [-0.39, 0.29) is 30.4 Å². The highest BCUT2D eigenvalue weighted by atomic mass is 79.9. The lowest BCUT2D eigenvalue weighted by molar-refractivity contribution is -0.142. The van der Waals surface area contributed by atoms with Crippen LogP contribution in [0.5, 0.6) is 11.5 Å². The van der Waals surface area contributed by atoms with Crippen molar-refractivity contribution in [2.24, 2.45) is 0 Å². The monoisotopic (exact) mass is 608 g/mol. The van der Waals surface area contributed by atoms with Crippen molar-refractivity contribution in [3.63, 3.8) is 0 Å². The molecule has 3 aromatic rings. The zero-order valence-electron chi connectivity index (χ0n) is 24.2. The van der Waals surface area contributed by atoms with Crippen molar-refractivity contribution in [3.8, 4) is 11.5 Å². The zero-order chi connectivity index (χ0) is 29.1. The van der Waals surface area contributed by atoms with Crippen molar-refractivity contribution in [1.29, 1.82) is 0 Å². The van der Waals surface area contributed by atoms with Gasteiger partial charge in [-0.3, -0.25) is 9.59 Å². The molecular weight excluding hydrogens is 568 g/mol. The van der Waals surface area contributed by atoms with Crippen LogP contribution in [-0.4, -0.2) is 43.0 Å². The number of amides is 2. The molecule has 3 aromatic carbocycles. The van der Waals surface area contributed by atoms with Crippen LogP contribution in [0.3, 0.4) is 0 Å². The maximum Gasteiger partial charge on any atom is 0.261 e. The molecule has 0 heterocycles. The summed E-state index contributed by atoms with van der Waals surface area (Å²) in [5.41, 5.74) is 2.98. The fourth-order valence-electron chi connectivity index (χ4n) is 4.33. The second kappa shape index (κ2) is 14.9. The first kappa shape index (κ1) is 31.2. The standard InChI is InChI=1S/C33H41BrN2O4/c1-6-7-18-35-32(38)29(20-24-12-9-8-10-13-24)36(22-25-14-11-15-27(19-25)39-5)31(37)23-40-30-17-16-26(21-28(30)34)33(2,3)4/h8-17,19,21,29H,6-7,18,20,22-23H2,1-5H3,(H,35,38). The summed E-state index contributed by atoms with van der Waals surface area (Å²) in [4.78, 5) is 29.0. The minimum absolute atomic E-state index is 0.0137. The van der Waals surface area contributed by atoms with E-state index >= 15 is 0 Å². The largest absolute Gasteiger partial charge is 0.497 e. The first-order valence-electron chi connectivity index (χ1n) is 13.8. The van der Waals surface area contributed by atoms with Crippen molar-refractivity contribution >= 4 is 27.7 Å². The molecule has 0 saturated carbocycles. The fraction of sp³-hybridized carbons (Fsp3) is 0.394. The second-order valence-electron chi connectivity index (χ2n) is 10.9. The van der Waals surface area contributed by atoms with Crippen LogP contribution < -0.4 is 14.8 Å². The van der Waals surface area contributed by atoms with Gasteiger partial charge in [0.1, 0.15) is 17.5 Å². The highest BCUT2D eigenvalue weighted by molar-refractivity contribution is 9.10. The van der Waals surface area contributed by atoms with Gasteiger partial charge in [0.05, 0.1) is 11.6 Å². The number of nitrogens with zero attached hydrogens (tertiary/aromatic N) is 1. The van der Waals surface area contributed by atoms with Gasteiger partial charge in [-0.1, -0.05) is 82.6 Å². The highest BCUT2D eigenvalue weighted by Gasteiger charge is 2.31. The molecule has 0 aliphatic heterocycles. The van der Waals surface area contributed by atoms with Crippen LogP contribution in [-0.2, 0) is 28.0 Å². The molecule has 0 bridgehead atoms. The Balaban J connectivity index is 1.91. The quantitative estimate of drug-likeness (QED) is 0.219. The molecule has 0 spiro atoms. The average molecular weight is 610 g/mol. The van der Waals surface area contributed by atoms with Crippen LogP contribution in [0.4, 0.5) is 0 Å². The maximum absolute atomic E-state index is 13.9.